The largest absolute Gasteiger partial charge is 0.435 e. The summed E-state index contributed by atoms with van der Waals surface area (Å²) in [5.41, 5.74) is 2.29. The van der Waals surface area contributed by atoms with Crippen LogP contribution in [0.15, 0.2) is 66.9 Å². The van der Waals surface area contributed by atoms with Crippen molar-refractivity contribution in [2.75, 3.05) is 36.4 Å². The number of hydrogen-bond donors (Lipinski definition) is 1. The second kappa shape index (κ2) is 10.6. The second-order valence-electron chi connectivity index (χ2n) is 7.69. The first-order chi connectivity index (χ1) is 16.5. The molecule has 9 heteroatoms. The van der Waals surface area contributed by atoms with Gasteiger partial charge in [0.15, 0.2) is 0 Å². The molecule has 1 N–H and O–H groups in total. The molecule has 0 bridgehead atoms. The van der Waals surface area contributed by atoms with E-state index in [1.165, 1.54) is 12.1 Å². The molecule has 2 heterocycles. The molecule has 174 valence electrons. The quantitative estimate of drug-likeness (QED) is 0.573. The van der Waals surface area contributed by atoms with E-state index in [0.29, 0.717) is 54.5 Å². The molecule has 0 radical (unpaired) electrons. The van der Waals surface area contributed by atoms with E-state index in [4.69, 9.17) is 0 Å². The molecule has 3 aromatic rings. The summed E-state index contributed by atoms with van der Waals surface area (Å²) in [6.45, 7) is -0.543. The summed E-state index contributed by atoms with van der Waals surface area (Å²) in [4.78, 5) is 21.6. The molecule has 4 rings (SSSR count). The molecule has 0 spiro atoms. The first-order valence-corrected chi connectivity index (χ1v) is 10.9. The van der Waals surface area contributed by atoms with Crippen molar-refractivity contribution in [3.05, 3.63) is 78.0 Å². The number of aromatic nitrogens is 1. The van der Waals surface area contributed by atoms with Gasteiger partial charge >= 0.3 is 6.61 Å². The van der Waals surface area contributed by atoms with Gasteiger partial charge in [0.05, 0.1) is 16.8 Å². The molecule has 34 heavy (non-hydrogen) atoms. The van der Waals surface area contributed by atoms with Gasteiger partial charge in [0.2, 0.25) is 0 Å². The van der Waals surface area contributed by atoms with Crippen molar-refractivity contribution in [2.45, 2.75) is 13.0 Å². The third-order valence-corrected chi connectivity index (χ3v) is 5.51. The van der Waals surface area contributed by atoms with Crippen LogP contribution in [-0.2, 0) is 0 Å². The average Bonchev–Trinajstić information content (AvgIpc) is 3.11. The third-order valence-electron chi connectivity index (χ3n) is 5.51. The Bertz CT molecular complexity index is 1180. The van der Waals surface area contributed by atoms with Crippen molar-refractivity contribution < 1.29 is 18.3 Å². The highest BCUT2D eigenvalue weighted by Crippen LogP contribution is 2.25. The van der Waals surface area contributed by atoms with E-state index in [9.17, 15) is 18.8 Å². The minimum atomic E-state index is -2.88. The van der Waals surface area contributed by atoms with Crippen LogP contribution in [0.5, 0.6) is 5.75 Å². The van der Waals surface area contributed by atoms with E-state index >= 15 is 0 Å². The summed E-state index contributed by atoms with van der Waals surface area (Å²) in [5, 5.41) is 12.6. The number of alkyl halides is 2. The zero-order valence-electron chi connectivity index (χ0n) is 18.3. The number of amides is 1. The van der Waals surface area contributed by atoms with Crippen LogP contribution in [0.25, 0.3) is 0 Å². The Balaban J connectivity index is 1.47. The van der Waals surface area contributed by atoms with E-state index in [-0.39, 0.29) is 11.7 Å². The first kappa shape index (κ1) is 23.0. The number of hydrogen-bond acceptors (Lipinski definition) is 6. The summed E-state index contributed by atoms with van der Waals surface area (Å²) in [7, 11) is 0. The smallest absolute Gasteiger partial charge is 0.387 e. The Kier molecular flexibility index (Phi) is 7.18. The maximum absolute atomic E-state index is 13.4. The minimum Gasteiger partial charge on any atom is -0.435 e. The normalized spacial score (nSPS) is 13.8. The highest BCUT2D eigenvalue weighted by atomic mass is 19.3. The van der Waals surface area contributed by atoms with E-state index in [1.807, 2.05) is 11.0 Å². The predicted molar refractivity (Wildman–Crippen MR) is 124 cm³/mol. The molecule has 1 aliphatic heterocycles. The van der Waals surface area contributed by atoms with Gasteiger partial charge in [0, 0.05) is 38.1 Å². The van der Waals surface area contributed by atoms with Gasteiger partial charge in [-0.25, -0.2) is 4.98 Å². The summed E-state index contributed by atoms with van der Waals surface area (Å²) in [6, 6.07) is 18.9. The second-order valence-corrected chi connectivity index (χ2v) is 7.69. The zero-order chi connectivity index (χ0) is 23.9. The van der Waals surface area contributed by atoms with Crippen molar-refractivity contribution in [2.24, 2.45) is 0 Å². The van der Waals surface area contributed by atoms with Gasteiger partial charge in [0.25, 0.3) is 5.91 Å². The lowest BCUT2D eigenvalue weighted by Gasteiger charge is -2.24. The molecule has 7 nitrogen and oxygen atoms in total. The van der Waals surface area contributed by atoms with E-state index in [1.54, 1.807) is 53.6 Å². The number of halogens is 2. The molecule has 0 unspecified atom stereocenters. The van der Waals surface area contributed by atoms with Crippen molar-refractivity contribution in [3.63, 3.8) is 0 Å². The zero-order valence-corrected chi connectivity index (χ0v) is 18.3. The summed E-state index contributed by atoms with van der Waals surface area (Å²) in [5.74, 6) is 0.594. The predicted octanol–water partition coefficient (Wildman–Crippen LogP) is 4.65. The van der Waals surface area contributed by atoms with Gasteiger partial charge in [0.1, 0.15) is 17.6 Å². The Morgan fingerprint density at radius 3 is 2.59 bits per heavy atom. The molecule has 2 aromatic carbocycles. The van der Waals surface area contributed by atoms with Crippen molar-refractivity contribution in [1.29, 1.82) is 5.26 Å². The van der Waals surface area contributed by atoms with Crippen LogP contribution in [-0.4, -0.2) is 48.6 Å². The van der Waals surface area contributed by atoms with Gasteiger partial charge in [-0.1, -0.05) is 12.1 Å². The van der Waals surface area contributed by atoms with Crippen LogP contribution in [0.2, 0.25) is 0 Å². The maximum atomic E-state index is 13.4. The number of rotatable bonds is 6. The Morgan fingerprint density at radius 2 is 1.82 bits per heavy atom. The van der Waals surface area contributed by atoms with Crippen LogP contribution in [0.3, 0.4) is 0 Å². The highest BCUT2D eigenvalue weighted by Gasteiger charge is 2.23. The van der Waals surface area contributed by atoms with Gasteiger partial charge in [-0.3, -0.25) is 4.79 Å². The average molecular weight is 463 g/mol. The number of carbonyl (C=O) groups is 1. The van der Waals surface area contributed by atoms with Crippen molar-refractivity contribution in [3.8, 4) is 11.8 Å². The molecule has 1 aliphatic rings. The number of pyridine rings is 1. The standard InChI is InChI=1S/C25H23F2N5O2/c26-25(27)34-20-10-8-19(9-11-20)30-22-7-2-1-6-21(22)24(33)32-14-4-13-31(15-16-32)23-18(17-28)5-3-12-29-23/h1-3,5-12,25,30H,4,13-16H2. The van der Waals surface area contributed by atoms with Crippen LogP contribution in [0, 0.1) is 11.3 Å². The van der Waals surface area contributed by atoms with Crippen LogP contribution in [0.4, 0.5) is 26.0 Å². The van der Waals surface area contributed by atoms with E-state index in [0.717, 1.165) is 6.42 Å². The molecule has 1 saturated heterocycles. The van der Waals surface area contributed by atoms with E-state index in [2.05, 4.69) is 21.1 Å². The number of nitrogens with one attached hydrogen (secondary N) is 1. The molecule has 0 aliphatic carbocycles. The topological polar surface area (TPSA) is 81.5 Å². The van der Waals surface area contributed by atoms with Crippen LogP contribution < -0.4 is 15.0 Å². The number of carbonyl (C=O) groups excluding carboxylic acids is 1. The van der Waals surface area contributed by atoms with Crippen LogP contribution >= 0.6 is 0 Å². The number of para-hydroxylation sites is 1. The molecule has 1 aromatic heterocycles. The molecule has 1 amide bonds. The van der Waals surface area contributed by atoms with Gasteiger partial charge in [-0.05, 0) is 55.0 Å². The molecular formula is C25H23F2N5O2. The van der Waals surface area contributed by atoms with E-state index < -0.39 is 6.61 Å². The molecular weight excluding hydrogens is 440 g/mol. The number of anilines is 3. The van der Waals surface area contributed by atoms with Crippen molar-refractivity contribution in [1.82, 2.24) is 9.88 Å². The monoisotopic (exact) mass is 463 g/mol. The fourth-order valence-electron chi connectivity index (χ4n) is 3.89. The highest BCUT2D eigenvalue weighted by molar-refractivity contribution is 6.00. The molecule has 0 saturated carbocycles. The molecule has 1 fully saturated rings. The maximum Gasteiger partial charge on any atom is 0.387 e. The van der Waals surface area contributed by atoms with Gasteiger partial charge < -0.3 is 19.9 Å². The number of nitrogens with zero attached hydrogens (tertiary/aromatic N) is 4. The van der Waals surface area contributed by atoms with Gasteiger partial charge in [-0.15, -0.1) is 0 Å². The first-order valence-electron chi connectivity index (χ1n) is 10.9. The Morgan fingerprint density at radius 1 is 1.03 bits per heavy atom. The number of benzene rings is 2. The third kappa shape index (κ3) is 5.41. The van der Waals surface area contributed by atoms with Crippen molar-refractivity contribution >= 4 is 23.1 Å². The molecule has 0 atom stereocenters. The number of ether oxygens (including phenoxy) is 1. The van der Waals surface area contributed by atoms with Gasteiger partial charge in [-0.2, -0.15) is 14.0 Å². The minimum absolute atomic E-state index is 0.0616. The summed E-state index contributed by atoms with van der Waals surface area (Å²) >= 11 is 0. The lowest BCUT2D eigenvalue weighted by Crippen LogP contribution is -2.35. The van der Waals surface area contributed by atoms with Crippen LogP contribution in [0.1, 0.15) is 22.3 Å². The fourth-order valence-corrected chi connectivity index (χ4v) is 3.89. The Hall–Kier alpha value is -4.19. The Labute approximate surface area is 196 Å². The lowest BCUT2D eigenvalue weighted by atomic mass is 10.1. The summed E-state index contributed by atoms with van der Waals surface area (Å²) < 4.78 is 29.1. The number of nitriles is 1. The SMILES string of the molecule is N#Cc1cccnc1N1CCCN(C(=O)c2ccccc2Nc2ccc(OC(F)F)cc2)CC1. The summed E-state index contributed by atoms with van der Waals surface area (Å²) in [6.07, 6.45) is 2.41. The fraction of sp³-hybridized carbons (Fsp3) is 0.240. The lowest BCUT2D eigenvalue weighted by molar-refractivity contribution is -0.0498.